The number of hydrogen-bond acceptors (Lipinski definition) is 6. The third-order valence-corrected chi connectivity index (χ3v) is 3.38. The Morgan fingerprint density at radius 2 is 2.22 bits per heavy atom. The van der Waals surface area contributed by atoms with Crippen molar-refractivity contribution in [3.8, 4) is 6.07 Å². The number of pyridine rings is 1. The summed E-state index contributed by atoms with van der Waals surface area (Å²) in [5.41, 5.74) is 1.54. The van der Waals surface area contributed by atoms with Crippen molar-refractivity contribution in [1.82, 2.24) is 20.0 Å². The van der Waals surface area contributed by atoms with Gasteiger partial charge in [-0.1, -0.05) is 17.7 Å². The van der Waals surface area contributed by atoms with E-state index >= 15 is 0 Å². The summed E-state index contributed by atoms with van der Waals surface area (Å²) in [4.78, 5) is 17.1. The Labute approximate surface area is 136 Å². The first-order valence-electron chi connectivity index (χ1n) is 6.58. The van der Waals surface area contributed by atoms with Crippen molar-refractivity contribution in [2.75, 3.05) is 7.11 Å². The number of esters is 1. The van der Waals surface area contributed by atoms with E-state index in [1.165, 1.54) is 11.9 Å². The minimum atomic E-state index is -0.692. The number of aromatic nitrogens is 4. The molecule has 2 aromatic heterocycles. The molecule has 0 saturated carbocycles. The average molecular weight is 328 g/mol. The van der Waals surface area contributed by atoms with Gasteiger partial charge in [-0.2, -0.15) is 10.1 Å². The maximum atomic E-state index is 11.6. The van der Waals surface area contributed by atoms with Gasteiger partial charge in [-0.3, -0.25) is 4.98 Å². The molecule has 0 N–H and O–H groups in total. The number of fused-ring (bicyclic) bond motifs is 1. The minimum absolute atomic E-state index is 0.0673. The second kappa shape index (κ2) is 6.02. The van der Waals surface area contributed by atoms with Crippen molar-refractivity contribution < 1.29 is 9.53 Å². The molecule has 0 spiro atoms. The molecule has 7 nitrogen and oxygen atoms in total. The fourth-order valence-corrected chi connectivity index (χ4v) is 2.31. The van der Waals surface area contributed by atoms with Gasteiger partial charge in [0.1, 0.15) is 6.07 Å². The van der Waals surface area contributed by atoms with E-state index in [1.807, 2.05) is 30.3 Å². The summed E-state index contributed by atoms with van der Waals surface area (Å²) in [6.45, 7) is 0.300. The van der Waals surface area contributed by atoms with Gasteiger partial charge >= 0.3 is 5.97 Å². The maximum Gasteiger partial charge on any atom is 0.361 e. The normalized spacial score (nSPS) is 10.5. The van der Waals surface area contributed by atoms with Crippen LogP contribution in [-0.2, 0) is 11.3 Å². The largest absolute Gasteiger partial charge is 0.464 e. The van der Waals surface area contributed by atoms with Crippen molar-refractivity contribution >= 4 is 28.5 Å². The molecule has 0 aliphatic heterocycles. The highest BCUT2D eigenvalue weighted by molar-refractivity contribution is 6.31. The highest BCUT2D eigenvalue weighted by Crippen LogP contribution is 2.18. The lowest BCUT2D eigenvalue weighted by atomic mass is 10.1. The Bertz CT molecular complexity index is 945. The fraction of sp³-hybridized carbons (Fsp3) is 0.133. The number of methoxy groups -OCH3 is 1. The summed E-state index contributed by atoms with van der Waals surface area (Å²) in [7, 11) is 1.22. The lowest BCUT2D eigenvalue weighted by Gasteiger charge is -2.03. The van der Waals surface area contributed by atoms with Crippen LogP contribution in [-0.4, -0.2) is 33.1 Å². The van der Waals surface area contributed by atoms with Crippen LogP contribution in [0.25, 0.3) is 10.9 Å². The van der Waals surface area contributed by atoms with Gasteiger partial charge in [0.05, 0.1) is 24.2 Å². The van der Waals surface area contributed by atoms with Crippen molar-refractivity contribution in [3.63, 3.8) is 0 Å². The number of nitrogens with zero attached hydrogens (tertiary/aromatic N) is 5. The highest BCUT2D eigenvalue weighted by Gasteiger charge is 2.19. The van der Waals surface area contributed by atoms with Gasteiger partial charge in [0.2, 0.25) is 5.69 Å². The second-order valence-corrected chi connectivity index (χ2v) is 5.15. The van der Waals surface area contributed by atoms with Crippen LogP contribution in [0.3, 0.4) is 0 Å². The molecule has 0 saturated heterocycles. The Morgan fingerprint density at radius 3 is 2.96 bits per heavy atom. The highest BCUT2D eigenvalue weighted by atomic mass is 35.5. The predicted molar refractivity (Wildman–Crippen MR) is 81.9 cm³/mol. The molecule has 0 atom stereocenters. The minimum Gasteiger partial charge on any atom is -0.464 e. The molecule has 0 amide bonds. The van der Waals surface area contributed by atoms with Crippen molar-refractivity contribution in [3.05, 3.63) is 52.4 Å². The Morgan fingerprint density at radius 1 is 1.39 bits per heavy atom. The Kier molecular flexibility index (Phi) is 3.91. The fourth-order valence-electron chi connectivity index (χ4n) is 2.14. The monoisotopic (exact) mass is 327 g/mol. The lowest BCUT2D eigenvalue weighted by molar-refractivity contribution is 0.0592. The third kappa shape index (κ3) is 2.98. The molecule has 0 bridgehead atoms. The molecule has 1 aromatic carbocycles. The van der Waals surface area contributed by atoms with Crippen LogP contribution in [0, 0.1) is 11.3 Å². The van der Waals surface area contributed by atoms with Gasteiger partial charge < -0.3 is 4.74 Å². The van der Waals surface area contributed by atoms with Gasteiger partial charge in [-0.05, 0) is 23.8 Å². The van der Waals surface area contributed by atoms with Crippen LogP contribution in [0.1, 0.15) is 21.7 Å². The number of benzene rings is 1. The summed E-state index contributed by atoms with van der Waals surface area (Å²) < 4.78 is 4.58. The molecule has 0 fully saturated rings. The summed E-state index contributed by atoms with van der Waals surface area (Å²) in [6.07, 6.45) is 1.58. The average Bonchev–Trinajstić information content (AvgIpc) is 2.96. The summed E-state index contributed by atoms with van der Waals surface area (Å²) in [5, 5.41) is 18.5. The van der Waals surface area contributed by atoms with Gasteiger partial charge in [0.15, 0.2) is 5.69 Å². The van der Waals surface area contributed by atoms with E-state index in [0.717, 1.165) is 16.5 Å². The van der Waals surface area contributed by atoms with E-state index < -0.39 is 5.97 Å². The van der Waals surface area contributed by atoms with Gasteiger partial charge in [0, 0.05) is 11.6 Å². The zero-order chi connectivity index (χ0) is 16.4. The molecule has 0 aliphatic rings. The third-order valence-electron chi connectivity index (χ3n) is 3.18. The molecule has 23 heavy (non-hydrogen) atoms. The first kappa shape index (κ1) is 14.9. The van der Waals surface area contributed by atoms with Crippen molar-refractivity contribution in [1.29, 1.82) is 5.26 Å². The van der Waals surface area contributed by atoms with E-state index in [1.54, 1.807) is 6.20 Å². The first-order valence-corrected chi connectivity index (χ1v) is 6.96. The topological polar surface area (TPSA) is 93.7 Å². The van der Waals surface area contributed by atoms with E-state index in [-0.39, 0.29) is 11.4 Å². The van der Waals surface area contributed by atoms with E-state index in [9.17, 15) is 4.79 Å². The van der Waals surface area contributed by atoms with E-state index in [2.05, 4.69) is 19.9 Å². The lowest BCUT2D eigenvalue weighted by Crippen LogP contribution is -2.07. The number of carbonyl (C=O) groups is 1. The maximum absolute atomic E-state index is 11.6. The van der Waals surface area contributed by atoms with Crippen molar-refractivity contribution in [2.45, 2.75) is 6.54 Å². The van der Waals surface area contributed by atoms with Crippen LogP contribution < -0.4 is 0 Å². The second-order valence-electron chi connectivity index (χ2n) is 4.71. The standard InChI is InChI=1S/C15H10ClN5O2/c1-23-15(22)14-13(6-17)19-21(20-14)8-9-2-3-12-10(4-9)5-11(16)7-18-12/h2-5,7H,8H2,1H3. The first-order chi connectivity index (χ1) is 11.1. The zero-order valence-corrected chi connectivity index (χ0v) is 12.8. The summed E-state index contributed by atoms with van der Waals surface area (Å²) in [6, 6.07) is 9.28. The number of carbonyl (C=O) groups excluding carboxylic acids is 1. The molecule has 0 unspecified atom stereocenters. The molecule has 3 aromatic rings. The number of ether oxygens (including phenoxy) is 1. The van der Waals surface area contributed by atoms with E-state index in [0.29, 0.717) is 11.6 Å². The molecule has 2 heterocycles. The zero-order valence-electron chi connectivity index (χ0n) is 12.0. The Balaban J connectivity index is 1.94. The van der Waals surface area contributed by atoms with Gasteiger partial charge in [-0.25, -0.2) is 4.79 Å². The molecule has 0 radical (unpaired) electrons. The number of halogens is 1. The van der Waals surface area contributed by atoms with Crippen LogP contribution in [0.2, 0.25) is 5.02 Å². The number of rotatable bonds is 3. The van der Waals surface area contributed by atoms with Gasteiger partial charge in [0.25, 0.3) is 0 Å². The van der Waals surface area contributed by atoms with Crippen LogP contribution in [0.5, 0.6) is 0 Å². The van der Waals surface area contributed by atoms with Crippen LogP contribution >= 0.6 is 11.6 Å². The van der Waals surface area contributed by atoms with Crippen LogP contribution in [0.4, 0.5) is 0 Å². The molecule has 8 heteroatoms. The SMILES string of the molecule is COC(=O)c1nn(Cc2ccc3ncc(Cl)cc3c2)nc1C#N. The van der Waals surface area contributed by atoms with Crippen molar-refractivity contribution in [2.24, 2.45) is 0 Å². The molecule has 114 valence electrons. The number of nitriles is 1. The number of hydrogen-bond donors (Lipinski definition) is 0. The smallest absolute Gasteiger partial charge is 0.361 e. The quantitative estimate of drug-likeness (QED) is 0.684. The molecule has 3 rings (SSSR count). The molecular weight excluding hydrogens is 318 g/mol. The van der Waals surface area contributed by atoms with E-state index in [4.69, 9.17) is 16.9 Å². The summed E-state index contributed by atoms with van der Waals surface area (Å²) >= 11 is 5.95. The predicted octanol–water partition coefficient (Wildman–Crippen LogP) is 2.19. The summed E-state index contributed by atoms with van der Waals surface area (Å²) in [5.74, 6) is -0.692. The Hall–Kier alpha value is -2.98. The van der Waals surface area contributed by atoms with Gasteiger partial charge in [-0.15, -0.1) is 10.2 Å². The molecule has 0 aliphatic carbocycles. The molecular formula is C15H10ClN5O2. The van der Waals surface area contributed by atoms with Crippen LogP contribution in [0.15, 0.2) is 30.5 Å².